The molecule has 1 amide bonds. The number of carbonyl (C=O) groups is 2. The Balaban J connectivity index is 1.98. The first-order valence-corrected chi connectivity index (χ1v) is 7.34. The molecule has 0 saturated heterocycles. The number of rotatable bonds is 6. The Morgan fingerprint density at radius 3 is 2.57 bits per heavy atom. The molecule has 1 aliphatic carbocycles. The zero-order valence-electron chi connectivity index (χ0n) is 12.7. The van der Waals surface area contributed by atoms with Gasteiger partial charge in [0.1, 0.15) is 5.82 Å². The lowest BCUT2D eigenvalue weighted by Gasteiger charge is -2.29. The second kappa shape index (κ2) is 6.28. The Morgan fingerprint density at radius 2 is 2.05 bits per heavy atom. The van der Waals surface area contributed by atoms with Gasteiger partial charge in [0.25, 0.3) is 0 Å². The molecule has 6 nitrogen and oxygen atoms in total. The van der Waals surface area contributed by atoms with Crippen LogP contribution >= 0.6 is 0 Å². The molecule has 0 radical (unpaired) electrons. The highest BCUT2D eigenvalue weighted by Gasteiger charge is 2.38. The van der Waals surface area contributed by atoms with Crippen molar-refractivity contribution in [2.45, 2.75) is 45.1 Å². The number of carboxylic acid groups (broad SMARTS) is 1. The van der Waals surface area contributed by atoms with Crippen molar-refractivity contribution in [2.24, 2.45) is 12.5 Å². The quantitative estimate of drug-likeness (QED) is 0.868. The summed E-state index contributed by atoms with van der Waals surface area (Å²) < 4.78 is 1.88. The van der Waals surface area contributed by atoms with Crippen LogP contribution in [0.2, 0.25) is 0 Å². The summed E-state index contributed by atoms with van der Waals surface area (Å²) in [5.74, 6) is 0.0159. The van der Waals surface area contributed by atoms with E-state index < -0.39 is 5.97 Å². The fraction of sp³-hybridized carbons (Fsp3) is 0.667. The standard InChI is InChI=1S/C15H23N3O3/c1-17-8-7-16-12(17)11-18(2)13(19)9-15(10-14(20)21)5-3-4-6-15/h7-8H,3-6,9-11H2,1-2H3,(H,20,21). The number of nitrogens with zero attached hydrogens (tertiary/aromatic N) is 3. The van der Waals surface area contributed by atoms with Crippen LogP contribution in [0.4, 0.5) is 0 Å². The lowest BCUT2D eigenvalue weighted by molar-refractivity contribution is -0.141. The molecule has 0 unspecified atom stereocenters. The zero-order chi connectivity index (χ0) is 15.5. The van der Waals surface area contributed by atoms with E-state index in [0.29, 0.717) is 13.0 Å². The van der Waals surface area contributed by atoms with E-state index in [4.69, 9.17) is 5.11 Å². The first-order valence-electron chi connectivity index (χ1n) is 7.34. The maximum absolute atomic E-state index is 12.4. The second-order valence-electron chi connectivity index (χ2n) is 6.16. The molecular weight excluding hydrogens is 270 g/mol. The fourth-order valence-electron chi connectivity index (χ4n) is 3.17. The van der Waals surface area contributed by atoms with Crippen LogP contribution in [0.1, 0.15) is 44.3 Å². The third-order valence-corrected chi connectivity index (χ3v) is 4.44. The van der Waals surface area contributed by atoms with Crippen LogP contribution in [0.3, 0.4) is 0 Å². The monoisotopic (exact) mass is 293 g/mol. The van der Waals surface area contributed by atoms with E-state index in [0.717, 1.165) is 31.5 Å². The maximum Gasteiger partial charge on any atom is 0.303 e. The molecule has 116 valence electrons. The average Bonchev–Trinajstić information content (AvgIpc) is 2.99. The molecule has 21 heavy (non-hydrogen) atoms. The SMILES string of the molecule is CN(Cc1nccn1C)C(=O)CC1(CC(=O)O)CCCC1. The van der Waals surface area contributed by atoms with Crippen molar-refractivity contribution in [1.82, 2.24) is 14.5 Å². The maximum atomic E-state index is 12.4. The van der Waals surface area contributed by atoms with Gasteiger partial charge in [-0.05, 0) is 18.3 Å². The molecule has 1 saturated carbocycles. The van der Waals surface area contributed by atoms with E-state index in [1.165, 1.54) is 0 Å². The summed E-state index contributed by atoms with van der Waals surface area (Å²) in [6.07, 6.45) is 7.66. The molecule has 6 heteroatoms. The van der Waals surface area contributed by atoms with Gasteiger partial charge < -0.3 is 14.6 Å². The van der Waals surface area contributed by atoms with Crippen molar-refractivity contribution in [3.63, 3.8) is 0 Å². The smallest absolute Gasteiger partial charge is 0.303 e. The van der Waals surface area contributed by atoms with E-state index in [2.05, 4.69) is 4.98 Å². The van der Waals surface area contributed by atoms with Crippen LogP contribution in [0.25, 0.3) is 0 Å². The molecule has 1 N–H and O–H groups in total. The molecule has 1 fully saturated rings. The molecular formula is C15H23N3O3. The van der Waals surface area contributed by atoms with Gasteiger partial charge in [-0.2, -0.15) is 0 Å². The third kappa shape index (κ3) is 3.83. The third-order valence-electron chi connectivity index (χ3n) is 4.44. The summed E-state index contributed by atoms with van der Waals surface area (Å²) >= 11 is 0. The van der Waals surface area contributed by atoms with Gasteiger partial charge >= 0.3 is 5.97 Å². The van der Waals surface area contributed by atoms with Crippen LogP contribution in [-0.2, 0) is 23.2 Å². The summed E-state index contributed by atoms with van der Waals surface area (Å²) in [5.41, 5.74) is -0.348. The lowest BCUT2D eigenvalue weighted by atomic mass is 9.79. The van der Waals surface area contributed by atoms with Gasteiger partial charge in [-0.15, -0.1) is 0 Å². The van der Waals surface area contributed by atoms with Crippen molar-refractivity contribution in [3.05, 3.63) is 18.2 Å². The molecule has 0 aliphatic heterocycles. The highest BCUT2D eigenvalue weighted by Crippen LogP contribution is 2.44. The van der Waals surface area contributed by atoms with Gasteiger partial charge in [-0.1, -0.05) is 12.8 Å². The number of aryl methyl sites for hydroxylation is 1. The summed E-state index contributed by atoms with van der Waals surface area (Å²) in [5, 5.41) is 9.10. The number of imidazole rings is 1. The van der Waals surface area contributed by atoms with Gasteiger partial charge in [0.2, 0.25) is 5.91 Å². The van der Waals surface area contributed by atoms with Gasteiger partial charge in [-0.3, -0.25) is 9.59 Å². The van der Waals surface area contributed by atoms with Crippen molar-refractivity contribution in [2.75, 3.05) is 7.05 Å². The molecule has 1 aromatic heterocycles. The van der Waals surface area contributed by atoms with Crippen LogP contribution in [0.5, 0.6) is 0 Å². The molecule has 0 spiro atoms. The van der Waals surface area contributed by atoms with Crippen molar-refractivity contribution in [1.29, 1.82) is 0 Å². The molecule has 0 atom stereocenters. The van der Waals surface area contributed by atoms with Crippen LogP contribution in [0.15, 0.2) is 12.4 Å². The van der Waals surface area contributed by atoms with E-state index >= 15 is 0 Å². The van der Waals surface area contributed by atoms with E-state index in [-0.39, 0.29) is 17.7 Å². The first kappa shape index (κ1) is 15.5. The molecule has 1 heterocycles. The summed E-state index contributed by atoms with van der Waals surface area (Å²) in [7, 11) is 3.64. The van der Waals surface area contributed by atoms with Crippen LogP contribution in [-0.4, -0.2) is 38.5 Å². The summed E-state index contributed by atoms with van der Waals surface area (Å²) in [6.45, 7) is 0.450. The Hall–Kier alpha value is -1.85. The average molecular weight is 293 g/mol. The topological polar surface area (TPSA) is 75.4 Å². The number of carbonyl (C=O) groups excluding carboxylic acids is 1. The van der Waals surface area contributed by atoms with Gasteiger partial charge in [0, 0.05) is 32.9 Å². The number of aromatic nitrogens is 2. The lowest BCUT2D eigenvalue weighted by Crippen LogP contribution is -2.33. The highest BCUT2D eigenvalue weighted by molar-refractivity contribution is 5.78. The Morgan fingerprint density at radius 1 is 1.38 bits per heavy atom. The van der Waals surface area contributed by atoms with Crippen LogP contribution in [0, 0.1) is 5.41 Å². The largest absolute Gasteiger partial charge is 0.481 e. The number of carboxylic acids is 1. The first-order chi connectivity index (χ1) is 9.92. The van der Waals surface area contributed by atoms with Crippen molar-refractivity contribution in [3.8, 4) is 0 Å². The predicted octanol–water partition coefficient (Wildman–Crippen LogP) is 1.80. The molecule has 1 aromatic rings. The van der Waals surface area contributed by atoms with Crippen molar-refractivity contribution < 1.29 is 14.7 Å². The molecule has 2 rings (SSSR count). The van der Waals surface area contributed by atoms with E-state index in [1.807, 2.05) is 17.8 Å². The van der Waals surface area contributed by atoms with E-state index in [9.17, 15) is 9.59 Å². The van der Waals surface area contributed by atoms with Gasteiger partial charge in [0.15, 0.2) is 0 Å². The minimum absolute atomic E-state index is 0.00106. The van der Waals surface area contributed by atoms with Crippen molar-refractivity contribution >= 4 is 11.9 Å². The van der Waals surface area contributed by atoms with Gasteiger partial charge in [0.05, 0.1) is 13.0 Å². The van der Waals surface area contributed by atoms with Crippen LogP contribution < -0.4 is 0 Å². The zero-order valence-corrected chi connectivity index (χ0v) is 12.7. The molecule has 0 bridgehead atoms. The number of amides is 1. The summed E-state index contributed by atoms with van der Waals surface area (Å²) in [6, 6.07) is 0. The van der Waals surface area contributed by atoms with E-state index in [1.54, 1.807) is 18.1 Å². The molecule has 1 aliphatic rings. The second-order valence-corrected chi connectivity index (χ2v) is 6.16. The minimum Gasteiger partial charge on any atom is -0.481 e. The number of aliphatic carboxylic acids is 1. The minimum atomic E-state index is -0.809. The summed E-state index contributed by atoms with van der Waals surface area (Å²) in [4.78, 5) is 29.3. The fourth-order valence-corrected chi connectivity index (χ4v) is 3.17. The Bertz CT molecular complexity index is 518. The normalized spacial score (nSPS) is 16.9. The Labute approximate surface area is 124 Å². The molecule has 0 aromatic carbocycles. The number of hydrogen-bond donors (Lipinski definition) is 1. The number of hydrogen-bond acceptors (Lipinski definition) is 3. The Kier molecular flexibility index (Phi) is 4.65. The highest BCUT2D eigenvalue weighted by atomic mass is 16.4. The predicted molar refractivity (Wildman–Crippen MR) is 77.5 cm³/mol. The van der Waals surface area contributed by atoms with Gasteiger partial charge in [-0.25, -0.2) is 4.98 Å².